The van der Waals surface area contributed by atoms with E-state index in [1.807, 2.05) is 19.1 Å². The Bertz CT molecular complexity index is 707. The minimum atomic E-state index is -0.382. The summed E-state index contributed by atoms with van der Waals surface area (Å²) in [6, 6.07) is 8.33. The zero-order valence-electron chi connectivity index (χ0n) is 13.5. The lowest BCUT2D eigenvalue weighted by Crippen LogP contribution is -2.41. The minimum Gasteiger partial charge on any atom is -0.466 e. The topological polar surface area (TPSA) is 45.5 Å². The third kappa shape index (κ3) is 4.09. The van der Waals surface area contributed by atoms with Crippen LogP contribution in [-0.4, -0.2) is 23.5 Å². The van der Waals surface area contributed by atoms with Crippen LogP contribution in [0.3, 0.4) is 0 Å². The first-order chi connectivity index (χ1) is 11.5. The summed E-state index contributed by atoms with van der Waals surface area (Å²) >= 11 is 6.08. The SMILES string of the molecule is Cc1ccc(CCNC(=O)N(Cc2c(F)cccc2Cl)C2CC2)o1. The van der Waals surface area contributed by atoms with Crippen LogP contribution in [0, 0.1) is 12.7 Å². The highest BCUT2D eigenvalue weighted by molar-refractivity contribution is 6.31. The number of hydrogen-bond acceptors (Lipinski definition) is 2. The highest BCUT2D eigenvalue weighted by Crippen LogP contribution is 2.30. The van der Waals surface area contributed by atoms with Gasteiger partial charge in [0.1, 0.15) is 17.3 Å². The van der Waals surface area contributed by atoms with E-state index in [1.165, 1.54) is 6.07 Å². The fraction of sp³-hybridized carbons (Fsp3) is 0.389. The van der Waals surface area contributed by atoms with Crippen molar-refractivity contribution in [3.8, 4) is 0 Å². The fourth-order valence-electron chi connectivity index (χ4n) is 2.62. The fourth-order valence-corrected chi connectivity index (χ4v) is 2.84. The number of rotatable bonds is 6. The first-order valence-electron chi connectivity index (χ1n) is 8.07. The van der Waals surface area contributed by atoms with Gasteiger partial charge in [-0.3, -0.25) is 0 Å². The van der Waals surface area contributed by atoms with Gasteiger partial charge in [-0.2, -0.15) is 0 Å². The maximum Gasteiger partial charge on any atom is 0.317 e. The third-order valence-corrected chi connectivity index (χ3v) is 4.44. The Morgan fingerprint density at radius 2 is 2.17 bits per heavy atom. The van der Waals surface area contributed by atoms with Crippen LogP contribution in [0.4, 0.5) is 9.18 Å². The molecule has 0 atom stereocenters. The molecular formula is C18H20ClFN2O2. The van der Waals surface area contributed by atoms with Gasteiger partial charge < -0.3 is 14.6 Å². The molecule has 1 aromatic carbocycles. The second kappa shape index (κ2) is 7.26. The van der Waals surface area contributed by atoms with E-state index in [9.17, 15) is 9.18 Å². The number of amides is 2. The highest BCUT2D eigenvalue weighted by Gasteiger charge is 2.33. The monoisotopic (exact) mass is 350 g/mol. The average molecular weight is 351 g/mol. The van der Waals surface area contributed by atoms with E-state index in [2.05, 4.69) is 5.32 Å². The van der Waals surface area contributed by atoms with Crippen LogP contribution < -0.4 is 5.32 Å². The smallest absolute Gasteiger partial charge is 0.317 e. The van der Waals surface area contributed by atoms with Crippen molar-refractivity contribution in [2.24, 2.45) is 0 Å². The van der Waals surface area contributed by atoms with Gasteiger partial charge in [0, 0.05) is 29.6 Å². The summed E-state index contributed by atoms with van der Waals surface area (Å²) in [4.78, 5) is 14.1. The molecule has 1 aliphatic carbocycles. The summed E-state index contributed by atoms with van der Waals surface area (Å²) < 4.78 is 19.5. The molecular weight excluding hydrogens is 331 g/mol. The number of benzene rings is 1. The number of urea groups is 1. The van der Waals surface area contributed by atoms with Crippen molar-refractivity contribution in [1.82, 2.24) is 10.2 Å². The number of carbonyl (C=O) groups excluding carboxylic acids is 1. The van der Waals surface area contributed by atoms with Crippen molar-refractivity contribution in [3.05, 3.63) is 58.3 Å². The molecule has 6 heteroatoms. The van der Waals surface area contributed by atoms with Gasteiger partial charge >= 0.3 is 6.03 Å². The summed E-state index contributed by atoms with van der Waals surface area (Å²) in [6.07, 6.45) is 2.51. The molecule has 0 unspecified atom stereocenters. The van der Waals surface area contributed by atoms with Crippen molar-refractivity contribution >= 4 is 17.6 Å². The van der Waals surface area contributed by atoms with Crippen molar-refractivity contribution in [2.75, 3.05) is 6.54 Å². The van der Waals surface area contributed by atoms with Gasteiger partial charge in [0.05, 0.1) is 6.54 Å². The molecule has 1 saturated carbocycles. The molecule has 128 valence electrons. The lowest BCUT2D eigenvalue weighted by Gasteiger charge is -2.23. The van der Waals surface area contributed by atoms with Gasteiger partial charge in [-0.15, -0.1) is 0 Å². The van der Waals surface area contributed by atoms with Gasteiger partial charge in [-0.05, 0) is 44.0 Å². The van der Waals surface area contributed by atoms with E-state index in [0.29, 0.717) is 23.6 Å². The lowest BCUT2D eigenvalue weighted by atomic mass is 10.2. The summed E-state index contributed by atoms with van der Waals surface area (Å²) in [5.41, 5.74) is 0.364. The van der Waals surface area contributed by atoms with E-state index in [-0.39, 0.29) is 24.4 Å². The first-order valence-corrected chi connectivity index (χ1v) is 8.45. The average Bonchev–Trinajstić information content (AvgIpc) is 3.29. The normalized spacial score (nSPS) is 13.8. The van der Waals surface area contributed by atoms with E-state index in [1.54, 1.807) is 17.0 Å². The first kappa shape index (κ1) is 16.8. The number of hydrogen-bond donors (Lipinski definition) is 1. The maximum atomic E-state index is 14.0. The number of nitrogens with zero attached hydrogens (tertiary/aromatic N) is 1. The molecule has 24 heavy (non-hydrogen) atoms. The Kier molecular flexibility index (Phi) is 5.09. The minimum absolute atomic E-state index is 0.159. The zero-order chi connectivity index (χ0) is 17.1. The van der Waals surface area contributed by atoms with Gasteiger partial charge in [-0.1, -0.05) is 17.7 Å². The van der Waals surface area contributed by atoms with Crippen LogP contribution in [0.5, 0.6) is 0 Å². The molecule has 0 aliphatic heterocycles. The van der Waals surface area contributed by atoms with E-state index < -0.39 is 0 Å². The van der Waals surface area contributed by atoms with E-state index >= 15 is 0 Å². The molecule has 2 amide bonds. The molecule has 1 aliphatic rings. The summed E-state index contributed by atoms with van der Waals surface area (Å²) in [7, 11) is 0. The standard InChI is InChI=1S/C18H20ClFN2O2/c1-12-5-8-14(24-12)9-10-21-18(23)22(13-6-7-13)11-15-16(19)3-2-4-17(15)20/h2-5,8,13H,6-7,9-11H2,1H3,(H,21,23). The zero-order valence-corrected chi connectivity index (χ0v) is 14.3. The van der Waals surface area contributed by atoms with Gasteiger partial charge in [0.2, 0.25) is 0 Å². The molecule has 1 aromatic heterocycles. The predicted molar refractivity (Wildman–Crippen MR) is 90.5 cm³/mol. The number of nitrogens with one attached hydrogen (secondary N) is 1. The molecule has 3 rings (SSSR count). The summed E-state index contributed by atoms with van der Waals surface area (Å²) in [5, 5.41) is 3.23. The number of furan rings is 1. The quantitative estimate of drug-likeness (QED) is 0.844. The molecule has 0 radical (unpaired) electrons. The Balaban J connectivity index is 1.59. The van der Waals surface area contributed by atoms with E-state index in [4.69, 9.17) is 16.0 Å². The van der Waals surface area contributed by atoms with Crippen LogP contribution in [0.2, 0.25) is 5.02 Å². The largest absolute Gasteiger partial charge is 0.466 e. The van der Waals surface area contributed by atoms with Crippen LogP contribution in [0.25, 0.3) is 0 Å². The summed E-state index contributed by atoms with van der Waals surface area (Å²) in [5.74, 6) is 1.31. The molecule has 0 bridgehead atoms. The second-order valence-corrected chi connectivity index (χ2v) is 6.46. The predicted octanol–water partition coefficient (Wildman–Crippen LogP) is 4.30. The Labute approximate surface area is 145 Å². The van der Waals surface area contributed by atoms with Crippen LogP contribution >= 0.6 is 11.6 Å². The molecule has 4 nitrogen and oxygen atoms in total. The van der Waals surface area contributed by atoms with Crippen LogP contribution in [0.15, 0.2) is 34.7 Å². The van der Waals surface area contributed by atoms with Crippen molar-refractivity contribution < 1.29 is 13.6 Å². The molecule has 0 saturated heterocycles. The van der Waals surface area contributed by atoms with E-state index in [0.717, 1.165) is 24.4 Å². The molecule has 0 spiro atoms. The third-order valence-electron chi connectivity index (χ3n) is 4.08. The maximum absolute atomic E-state index is 14.0. The summed E-state index contributed by atoms with van der Waals surface area (Å²) in [6.45, 7) is 2.54. The van der Waals surface area contributed by atoms with Gasteiger partial charge in [0.25, 0.3) is 0 Å². The van der Waals surface area contributed by atoms with Gasteiger partial charge in [-0.25, -0.2) is 9.18 Å². The molecule has 1 N–H and O–H groups in total. The Hall–Kier alpha value is -2.01. The second-order valence-electron chi connectivity index (χ2n) is 6.05. The lowest BCUT2D eigenvalue weighted by molar-refractivity contribution is 0.191. The van der Waals surface area contributed by atoms with Crippen molar-refractivity contribution in [2.45, 2.75) is 38.8 Å². The van der Waals surface area contributed by atoms with Crippen molar-refractivity contribution in [3.63, 3.8) is 0 Å². The molecule has 1 fully saturated rings. The highest BCUT2D eigenvalue weighted by atomic mass is 35.5. The Morgan fingerprint density at radius 3 is 2.79 bits per heavy atom. The number of carbonyl (C=O) groups is 1. The number of aryl methyl sites for hydroxylation is 1. The van der Waals surface area contributed by atoms with Gasteiger partial charge in [0.15, 0.2) is 0 Å². The number of halogens is 2. The van der Waals surface area contributed by atoms with Crippen LogP contribution in [-0.2, 0) is 13.0 Å². The molecule has 1 heterocycles. The molecule has 2 aromatic rings. The Morgan fingerprint density at radius 1 is 1.38 bits per heavy atom. The van der Waals surface area contributed by atoms with Crippen molar-refractivity contribution in [1.29, 1.82) is 0 Å². The van der Waals surface area contributed by atoms with Crippen LogP contribution in [0.1, 0.15) is 29.9 Å².